The minimum absolute atomic E-state index is 0.103. The van der Waals surface area contributed by atoms with Gasteiger partial charge in [0.1, 0.15) is 0 Å². The molecule has 0 aromatic carbocycles. The molecule has 0 saturated carbocycles. The summed E-state index contributed by atoms with van der Waals surface area (Å²) < 4.78 is 10.9. The van der Waals surface area contributed by atoms with Gasteiger partial charge in [-0.05, 0) is 6.42 Å². The molecule has 0 radical (unpaired) electrons. The van der Waals surface area contributed by atoms with Crippen LogP contribution in [0.1, 0.15) is 20.3 Å². The van der Waals surface area contributed by atoms with Crippen molar-refractivity contribution in [1.29, 1.82) is 0 Å². The second kappa shape index (κ2) is 7.77. The average Bonchev–Trinajstić information content (AvgIpc) is 2.19. The molecule has 2 heteroatoms. The van der Waals surface area contributed by atoms with Gasteiger partial charge in [0.15, 0.2) is 0 Å². The van der Waals surface area contributed by atoms with E-state index in [9.17, 15) is 0 Å². The lowest BCUT2D eigenvalue weighted by Gasteiger charge is -2.27. The Balaban J connectivity index is 3.77. The highest BCUT2D eigenvalue weighted by molar-refractivity contribution is 4.74. The molecule has 2 nitrogen and oxygen atoms in total. The van der Waals surface area contributed by atoms with Crippen molar-refractivity contribution >= 4 is 0 Å². The fraction of sp³-hybridized carbons (Fsp3) is 0.667. The van der Waals surface area contributed by atoms with Crippen LogP contribution in [0.25, 0.3) is 0 Å². The molecule has 0 amide bonds. The van der Waals surface area contributed by atoms with Crippen LogP contribution in [-0.2, 0) is 9.47 Å². The summed E-state index contributed by atoms with van der Waals surface area (Å²) in [6.07, 6.45) is 4.57. The van der Waals surface area contributed by atoms with Crippen LogP contribution in [0, 0.1) is 5.41 Å². The maximum absolute atomic E-state index is 5.45. The zero-order valence-electron chi connectivity index (χ0n) is 9.42. The van der Waals surface area contributed by atoms with Gasteiger partial charge in [0.25, 0.3) is 0 Å². The van der Waals surface area contributed by atoms with Crippen molar-refractivity contribution in [2.75, 3.05) is 26.4 Å². The van der Waals surface area contributed by atoms with Crippen LogP contribution in [0.15, 0.2) is 25.3 Å². The van der Waals surface area contributed by atoms with Crippen molar-refractivity contribution in [3.8, 4) is 0 Å². The average molecular weight is 198 g/mol. The largest absolute Gasteiger partial charge is 0.377 e. The van der Waals surface area contributed by atoms with E-state index in [0.717, 1.165) is 6.42 Å². The van der Waals surface area contributed by atoms with Crippen molar-refractivity contribution < 1.29 is 9.47 Å². The first-order valence-electron chi connectivity index (χ1n) is 5.06. The van der Waals surface area contributed by atoms with Crippen LogP contribution < -0.4 is 0 Å². The molecular weight excluding hydrogens is 176 g/mol. The van der Waals surface area contributed by atoms with Gasteiger partial charge >= 0.3 is 0 Å². The molecule has 0 N–H and O–H groups in total. The molecule has 0 saturated heterocycles. The predicted molar refractivity (Wildman–Crippen MR) is 60.4 cm³/mol. The molecule has 0 bridgehead atoms. The van der Waals surface area contributed by atoms with E-state index in [-0.39, 0.29) is 5.41 Å². The summed E-state index contributed by atoms with van der Waals surface area (Å²) in [5, 5.41) is 0. The number of hydrogen-bond donors (Lipinski definition) is 0. The summed E-state index contributed by atoms with van der Waals surface area (Å²) in [7, 11) is 0. The molecule has 0 spiro atoms. The third-order valence-corrected chi connectivity index (χ3v) is 2.23. The van der Waals surface area contributed by atoms with E-state index in [0.29, 0.717) is 26.4 Å². The lowest BCUT2D eigenvalue weighted by Crippen LogP contribution is -2.28. The van der Waals surface area contributed by atoms with Crippen LogP contribution in [0.4, 0.5) is 0 Å². The van der Waals surface area contributed by atoms with Gasteiger partial charge in [0.2, 0.25) is 0 Å². The van der Waals surface area contributed by atoms with Crippen molar-refractivity contribution in [3.05, 3.63) is 25.3 Å². The Labute approximate surface area is 87.6 Å². The Morgan fingerprint density at radius 1 is 1.07 bits per heavy atom. The highest BCUT2D eigenvalue weighted by atomic mass is 16.5. The molecule has 0 fully saturated rings. The Morgan fingerprint density at radius 3 is 1.79 bits per heavy atom. The molecule has 82 valence electrons. The molecule has 0 rings (SSSR count). The normalized spacial score (nSPS) is 11.3. The fourth-order valence-corrected chi connectivity index (χ4v) is 1.02. The Kier molecular flexibility index (Phi) is 7.44. The first-order chi connectivity index (χ1) is 6.68. The van der Waals surface area contributed by atoms with Crippen LogP contribution in [-0.4, -0.2) is 26.4 Å². The van der Waals surface area contributed by atoms with Gasteiger partial charge < -0.3 is 9.47 Å². The molecule has 0 aliphatic heterocycles. The van der Waals surface area contributed by atoms with Crippen molar-refractivity contribution in [2.45, 2.75) is 20.3 Å². The second-order valence-corrected chi connectivity index (χ2v) is 3.77. The fourth-order valence-electron chi connectivity index (χ4n) is 1.02. The first-order valence-corrected chi connectivity index (χ1v) is 5.06. The minimum Gasteiger partial charge on any atom is -0.377 e. The third kappa shape index (κ3) is 5.95. The van der Waals surface area contributed by atoms with Crippen molar-refractivity contribution in [3.63, 3.8) is 0 Å². The quantitative estimate of drug-likeness (QED) is 0.419. The van der Waals surface area contributed by atoms with E-state index >= 15 is 0 Å². The Bertz CT molecular complexity index is 150. The minimum atomic E-state index is 0.103. The Morgan fingerprint density at radius 2 is 1.50 bits per heavy atom. The summed E-state index contributed by atoms with van der Waals surface area (Å²) in [5.41, 5.74) is 0.103. The third-order valence-electron chi connectivity index (χ3n) is 2.23. The molecule has 0 aliphatic carbocycles. The lowest BCUT2D eigenvalue weighted by atomic mass is 9.90. The van der Waals surface area contributed by atoms with E-state index in [1.54, 1.807) is 12.2 Å². The topological polar surface area (TPSA) is 18.5 Å². The maximum atomic E-state index is 5.45. The highest BCUT2D eigenvalue weighted by Crippen LogP contribution is 2.21. The van der Waals surface area contributed by atoms with Gasteiger partial charge in [-0.3, -0.25) is 0 Å². The lowest BCUT2D eigenvalue weighted by molar-refractivity contribution is -0.000285. The van der Waals surface area contributed by atoms with Crippen LogP contribution in [0.3, 0.4) is 0 Å². The molecule has 0 unspecified atom stereocenters. The van der Waals surface area contributed by atoms with E-state index in [1.165, 1.54) is 0 Å². The number of ether oxygens (including phenoxy) is 2. The van der Waals surface area contributed by atoms with Crippen molar-refractivity contribution in [1.82, 2.24) is 0 Å². The highest BCUT2D eigenvalue weighted by Gasteiger charge is 2.22. The standard InChI is InChI=1S/C12H22O2/c1-5-8-13-10-12(4,7-3)11-14-9-6-2/h5-6H,1-2,7-11H2,3-4H3. The SMILES string of the molecule is C=CCOCC(C)(CC)COCC=C. The second-order valence-electron chi connectivity index (χ2n) is 3.77. The summed E-state index contributed by atoms with van der Waals surface area (Å²) in [4.78, 5) is 0. The van der Waals surface area contributed by atoms with E-state index in [4.69, 9.17) is 9.47 Å². The molecule has 0 atom stereocenters. The van der Waals surface area contributed by atoms with Gasteiger partial charge in [0.05, 0.1) is 26.4 Å². The Hall–Kier alpha value is -0.600. The van der Waals surface area contributed by atoms with Gasteiger partial charge in [0, 0.05) is 5.41 Å². The summed E-state index contributed by atoms with van der Waals surface area (Å²) in [6.45, 7) is 14.2. The van der Waals surface area contributed by atoms with Gasteiger partial charge in [-0.25, -0.2) is 0 Å². The van der Waals surface area contributed by atoms with E-state index in [2.05, 4.69) is 27.0 Å². The van der Waals surface area contributed by atoms with E-state index < -0.39 is 0 Å². The molecule has 0 aromatic rings. The zero-order chi connectivity index (χ0) is 10.9. The van der Waals surface area contributed by atoms with Crippen molar-refractivity contribution in [2.24, 2.45) is 5.41 Å². The number of rotatable bonds is 9. The predicted octanol–water partition coefficient (Wildman–Crippen LogP) is 2.81. The van der Waals surface area contributed by atoms with Gasteiger partial charge in [-0.15, -0.1) is 13.2 Å². The molecule has 0 aliphatic rings. The maximum Gasteiger partial charge on any atom is 0.0645 e. The van der Waals surface area contributed by atoms with Crippen LogP contribution >= 0.6 is 0 Å². The summed E-state index contributed by atoms with van der Waals surface area (Å²) >= 11 is 0. The van der Waals surface area contributed by atoms with Gasteiger partial charge in [-0.2, -0.15) is 0 Å². The molecule has 14 heavy (non-hydrogen) atoms. The molecule has 0 heterocycles. The monoisotopic (exact) mass is 198 g/mol. The number of hydrogen-bond acceptors (Lipinski definition) is 2. The zero-order valence-corrected chi connectivity index (χ0v) is 9.42. The molecule has 0 aromatic heterocycles. The molecular formula is C12H22O2. The smallest absolute Gasteiger partial charge is 0.0645 e. The van der Waals surface area contributed by atoms with Crippen LogP contribution in [0.5, 0.6) is 0 Å². The van der Waals surface area contributed by atoms with Gasteiger partial charge in [-0.1, -0.05) is 26.0 Å². The summed E-state index contributed by atoms with van der Waals surface area (Å²) in [6, 6.07) is 0. The first kappa shape index (κ1) is 13.4. The summed E-state index contributed by atoms with van der Waals surface area (Å²) in [5.74, 6) is 0. The van der Waals surface area contributed by atoms with E-state index in [1.807, 2.05) is 0 Å². The van der Waals surface area contributed by atoms with Crippen LogP contribution in [0.2, 0.25) is 0 Å².